The molecule has 3 aliphatic carbocycles. The number of fused-ring (bicyclic) bond motifs is 5. The van der Waals surface area contributed by atoms with Crippen LogP contribution >= 0.6 is 0 Å². The van der Waals surface area contributed by atoms with E-state index in [-0.39, 0.29) is 11.5 Å². The average molecular weight is 386 g/mol. The molecule has 0 radical (unpaired) electrons. The number of nitrogens with zero attached hydrogens (tertiary/aromatic N) is 1. The van der Waals surface area contributed by atoms with E-state index in [1.807, 2.05) is 0 Å². The molecule has 1 N–H and O–H groups in total. The first-order chi connectivity index (χ1) is 13.6. The summed E-state index contributed by atoms with van der Waals surface area (Å²) in [6.45, 7) is 11.0. The van der Waals surface area contributed by atoms with Crippen LogP contribution in [0.2, 0.25) is 0 Å². The van der Waals surface area contributed by atoms with Gasteiger partial charge in [-0.05, 0) is 104 Å². The highest BCUT2D eigenvalue weighted by Gasteiger charge is 2.54. The van der Waals surface area contributed by atoms with Crippen LogP contribution in [0.5, 0.6) is 5.75 Å². The van der Waals surface area contributed by atoms with E-state index in [4.69, 9.17) is 4.74 Å². The van der Waals surface area contributed by atoms with E-state index in [2.05, 4.69) is 43.9 Å². The Morgan fingerprint density at radius 3 is 2.75 bits per heavy atom. The smallest absolute Gasteiger partial charge is 0.119 e. The lowest BCUT2D eigenvalue weighted by Crippen LogP contribution is -2.43. The lowest BCUT2D eigenvalue weighted by Gasteiger charge is -2.50. The van der Waals surface area contributed by atoms with Crippen LogP contribution in [0.25, 0.3) is 0 Å². The minimum atomic E-state index is -0.0769. The number of hydrogen-bond acceptors (Lipinski definition) is 3. The van der Waals surface area contributed by atoms with Gasteiger partial charge in [-0.2, -0.15) is 0 Å². The van der Waals surface area contributed by atoms with Gasteiger partial charge in [0.25, 0.3) is 0 Å². The van der Waals surface area contributed by atoms with Crippen LogP contribution in [-0.2, 0) is 6.42 Å². The van der Waals surface area contributed by atoms with Gasteiger partial charge in [-0.3, -0.25) is 0 Å². The van der Waals surface area contributed by atoms with Crippen molar-refractivity contribution in [3.63, 3.8) is 0 Å². The lowest BCUT2D eigenvalue weighted by atomic mass is 9.55. The summed E-state index contributed by atoms with van der Waals surface area (Å²) in [6, 6.07) is 6.89. The summed E-state index contributed by atoms with van der Waals surface area (Å²) in [5.41, 5.74) is 3.27. The van der Waals surface area contributed by atoms with Crippen molar-refractivity contribution in [1.82, 2.24) is 4.90 Å². The fourth-order valence-electron chi connectivity index (χ4n) is 6.64. The number of hydrogen-bond donors (Lipinski definition) is 1. The number of aliphatic hydroxyl groups excluding tert-OH is 1. The van der Waals surface area contributed by atoms with Gasteiger partial charge in [0.15, 0.2) is 0 Å². The highest BCUT2D eigenvalue weighted by molar-refractivity contribution is 5.40. The zero-order chi connectivity index (χ0) is 19.7. The maximum Gasteiger partial charge on any atom is 0.119 e. The minimum Gasteiger partial charge on any atom is -0.494 e. The molecule has 5 atom stereocenters. The molecule has 0 saturated heterocycles. The summed E-state index contributed by atoms with van der Waals surface area (Å²) in [7, 11) is 0. The van der Waals surface area contributed by atoms with Gasteiger partial charge in [-0.25, -0.2) is 0 Å². The lowest BCUT2D eigenvalue weighted by molar-refractivity contribution is -0.0226. The van der Waals surface area contributed by atoms with E-state index < -0.39 is 0 Å². The van der Waals surface area contributed by atoms with E-state index in [0.29, 0.717) is 11.8 Å². The SMILES string of the molecule is CCN(CC)CCCOc1ccc2c(c1)CC[C@@H]1[C@@H]2CC[C@]2(C)[C@@H](O)CC[C@@H]12. The van der Waals surface area contributed by atoms with Gasteiger partial charge >= 0.3 is 0 Å². The molecule has 2 fully saturated rings. The van der Waals surface area contributed by atoms with E-state index in [9.17, 15) is 5.11 Å². The Morgan fingerprint density at radius 2 is 1.96 bits per heavy atom. The third kappa shape index (κ3) is 3.61. The summed E-state index contributed by atoms with van der Waals surface area (Å²) in [6.07, 6.45) is 8.14. The van der Waals surface area contributed by atoms with Crippen LogP contribution in [0.4, 0.5) is 0 Å². The van der Waals surface area contributed by atoms with Crippen molar-refractivity contribution in [2.24, 2.45) is 17.3 Å². The molecule has 28 heavy (non-hydrogen) atoms. The molecule has 1 aromatic rings. The summed E-state index contributed by atoms with van der Waals surface area (Å²) >= 11 is 0. The molecule has 0 aliphatic heterocycles. The first-order valence-electron chi connectivity index (χ1n) is 11.7. The van der Waals surface area contributed by atoms with Crippen LogP contribution in [0.3, 0.4) is 0 Å². The van der Waals surface area contributed by atoms with Crippen molar-refractivity contribution >= 4 is 0 Å². The quantitative estimate of drug-likeness (QED) is 0.669. The van der Waals surface area contributed by atoms with Gasteiger partial charge in [-0.15, -0.1) is 0 Å². The number of rotatable bonds is 7. The monoisotopic (exact) mass is 385 g/mol. The Balaban J connectivity index is 1.39. The molecule has 0 amide bonds. The van der Waals surface area contributed by atoms with Gasteiger partial charge in [0, 0.05) is 6.54 Å². The molecule has 0 spiro atoms. The largest absolute Gasteiger partial charge is 0.494 e. The zero-order valence-electron chi connectivity index (χ0n) is 18.1. The standard InChI is InChI=1S/C25H39NO2/c1-4-26(5-2)15-6-16-28-19-8-10-20-18(17-19)7-9-22-21(20)13-14-25(3)23(22)11-12-24(25)27/h8,10,17,21-24,27H,4-7,9,11-16H2,1-3H3/t21-,22-,23+,24+,25+/m1/s1. The summed E-state index contributed by atoms with van der Waals surface area (Å²) in [5.74, 6) is 3.23. The summed E-state index contributed by atoms with van der Waals surface area (Å²) in [4.78, 5) is 2.45. The summed E-state index contributed by atoms with van der Waals surface area (Å²) in [5, 5.41) is 10.6. The zero-order valence-corrected chi connectivity index (χ0v) is 18.1. The highest BCUT2D eigenvalue weighted by atomic mass is 16.5. The third-order valence-corrected chi connectivity index (χ3v) is 8.43. The second kappa shape index (κ2) is 8.36. The Bertz CT molecular complexity index is 671. The molecule has 0 heterocycles. The fraction of sp³-hybridized carbons (Fsp3) is 0.760. The van der Waals surface area contributed by atoms with Crippen LogP contribution < -0.4 is 4.74 Å². The van der Waals surface area contributed by atoms with E-state index >= 15 is 0 Å². The molecular weight excluding hydrogens is 346 g/mol. The maximum atomic E-state index is 10.6. The van der Waals surface area contributed by atoms with Crippen molar-refractivity contribution in [2.75, 3.05) is 26.2 Å². The van der Waals surface area contributed by atoms with Crippen molar-refractivity contribution in [2.45, 2.75) is 77.7 Å². The van der Waals surface area contributed by atoms with Crippen LogP contribution in [0.15, 0.2) is 18.2 Å². The molecule has 2 saturated carbocycles. The normalized spacial score (nSPS) is 34.0. The first-order valence-corrected chi connectivity index (χ1v) is 11.7. The van der Waals surface area contributed by atoms with Gasteiger partial charge in [0.05, 0.1) is 12.7 Å². The number of benzene rings is 1. The Hall–Kier alpha value is -1.06. The topological polar surface area (TPSA) is 32.7 Å². The van der Waals surface area contributed by atoms with Crippen molar-refractivity contribution < 1.29 is 9.84 Å². The van der Waals surface area contributed by atoms with E-state index in [1.54, 1.807) is 5.56 Å². The molecule has 156 valence electrons. The van der Waals surface area contributed by atoms with Crippen molar-refractivity contribution in [3.8, 4) is 5.75 Å². The Labute approximate surface area is 171 Å². The number of ether oxygens (including phenoxy) is 1. The summed E-state index contributed by atoms with van der Waals surface area (Å²) < 4.78 is 6.09. The van der Waals surface area contributed by atoms with Gasteiger partial charge in [0.2, 0.25) is 0 Å². The second-order valence-corrected chi connectivity index (χ2v) is 9.64. The predicted octanol–water partition coefficient (Wildman–Crippen LogP) is 5.01. The highest BCUT2D eigenvalue weighted by Crippen LogP contribution is 2.60. The molecule has 0 aromatic heterocycles. The fourth-order valence-corrected chi connectivity index (χ4v) is 6.64. The molecule has 0 bridgehead atoms. The number of aliphatic hydroxyl groups is 1. The molecular formula is C25H39NO2. The van der Waals surface area contributed by atoms with Gasteiger partial charge in [0.1, 0.15) is 5.75 Å². The van der Waals surface area contributed by atoms with Crippen molar-refractivity contribution in [1.29, 1.82) is 0 Å². The Kier molecular flexibility index (Phi) is 6.04. The average Bonchev–Trinajstić information content (AvgIpc) is 3.02. The molecule has 4 rings (SSSR count). The molecule has 3 nitrogen and oxygen atoms in total. The first kappa shape index (κ1) is 20.2. The molecule has 1 aromatic carbocycles. The third-order valence-electron chi connectivity index (χ3n) is 8.43. The molecule has 3 heteroatoms. The Morgan fingerprint density at radius 1 is 1.14 bits per heavy atom. The van der Waals surface area contributed by atoms with Crippen LogP contribution in [0, 0.1) is 17.3 Å². The maximum absolute atomic E-state index is 10.6. The van der Waals surface area contributed by atoms with Crippen LogP contribution in [-0.4, -0.2) is 42.4 Å². The molecule has 3 aliphatic rings. The van der Waals surface area contributed by atoms with Gasteiger partial charge < -0.3 is 14.7 Å². The van der Waals surface area contributed by atoms with Crippen molar-refractivity contribution in [3.05, 3.63) is 29.3 Å². The van der Waals surface area contributed by atoms with Crippen LogP contribution in [0.1, 0.15) is 76.3 Å². The predicted molar refractivity (Wildman–Crippen MR) is 115 cm³/mol. The minimum absolute atomic E-state index is 0.0769. The van der Waals surface area contributed by atoms with E-state index in [1.165, 1.54) is 37.7 Å². The number of aryl methyl sites for hydroxylation is 1. The van der Waals surface area contributed by atoms with Gasteiger partial charge in [-0.1, -0.05) is 26.8 Å². The van der Waals surface area contributed by atoms with E-state index in [0.717, 1.165) is 50.8 Å². The molecule has 0 unspecified atom stereocenters. The second-order valence-electron chi connectivity index (χ2n) is 9.64.